The number of carbonyl (C=O) groups excluding carboxylic acids is 1. The van der Waals surface area contributed by atoms with E-state index in [2.05, 4.69) is 15.3 Å². The predicted octanol–water partition coefficient (Wildman–Crippen LogP) is 0.799. The van der Waals surface area contributed by atoms with Crippen LogP contribution < -0.4 is 10.9 Å². The molecule has 112 valence electrons. The van der Waals surface area contributed by atoms with Crippen molar-refractivity contribution < 1.29 is 4.79 Å². The summed E-state index contributed by atoms with van der Waals surface area (Å²) in [5.41, 5.74) is 1.60. The van der Waals surface area contributed by atoms with Crippen molar-refractivity contribution in [2.24, 2.45) is 0 Å². The van der Waals surface area contributed by atoms with Crippen LogP contribution in [0.25, 0.3) is 10.9 Å². The third kappa shape index (κ3) is 3.66. The fraction of sp³-hybridized carbons (Fsp3) is 0.400. The Bertz CT molecular complexity index is 708. The number of hydrogen-bond acceptors (Lipinski definition) is 4. The largest absolute Gasteiger partial charge is 0.358 e. The van der Waals surface area contributed by atoms with Crippen molar-refractivity contribution in [3.8, 4) is 0 Å². The highest BCUT2D eigenvalue weighted by atomic mass is 16.2. The van der Waals surface area contributed by atoms with Crippen LogP contribution in [0, 0.1) is 6.92 Å². The lowest BCUT2D eigenvalue weighted by atomic mass is 10.2. The van der Waals surface area contributed by atoms with Crippen molar-refractivity contribution in [1.29, 1.82) is 0 Å². The summed E-state index contributed by atoms with van der Waals surface area (Å²) in [5.74, 6) is 0.514. The van der Waals surface area contributed by atoms with Gasteiger partial charge < -0.3 is 10.3 Å². The first-order valence-electron chi connectivity index (χ1n) is 6.96. The van der Waals surface area contributed by atoms with Gasteiger partial charge in [0.25, 0.3) is 5.56 Å². The molecule has 0 aliphatic rings. The third-order valence-electron chi connectivity index (χ3n) is 3.38. The minimum Gasteiger partial charge on any atom is -0.358 e. The maximum absolute atomic E-state index is 12.1. The average molecular weight is 288 g/mol. The number of benzene rings is 1. The Kier molecular flexibility index (Phi) is 4.70. The topological polar surface area (TPSA) is 78.1 Å². The van der Waals surface area contributed by atoms with Crippen LogP contribution in [-0.4, -0.2) is 40.9 Å². The van der Waals surface area contributed by atoms with E-state index < -0.39 is 0 Å². The molecule has 0 aliphatic carbocycles. The predicted molar refractivity (Wildman–Crippen MR) is 82.1 cm³/mol. The Morgan fingerprint density at radius 2 is 2.19 bits per heavy atom. The number of rotatable bonds is 5. The summed E-state index contributed by atoms with van der Waals surface area (Å²) in [7, 11) is 1.61. The Balaban J connectivity index is 2.29. The standard InChI is InChI=1S/C15H20N4O2/c1-4-19(9-14(20)16-3)8-13-17-12-7-10(2)5-6-11(12)15(21)18-13/h5-7H,4,8-9H2,1-3H3,(H,16,20)(H,17,18,21). The minimum absolute atomic E-state index is 0.0594. The number of aromatic amines is 1. The van der Waals surface area contributed by atoms with Gasteiger partial charge in [0.15, 0.2) is 0 Å². The minimum atomic E-state index is -0.147. The van der Waals surface area contributed by atoms with E-state index in [1.165, 1.54) is 0 Å². The molecule has 1 aromatic carbocycles. The summed E-state index contributed by atoms with van der Waals surface area (Å²) in [4.78, 5) is 32.7. The zero-order valence-corrected chi connectivity index (χ0v) is 12.6. The van der Waals surface area contributed by atoms with Crippen LogP contribution in [0.1, 0.15) is 18.3 Å². The van der Waals surface area contributed by atoms with Crippen molar-refractivity contribution in [3.63, 3.8) is 0 Å². The van der Waals surface area contributed by atoms with Crippen LogP contribution >= 0.6 is 0 Å². The summed E-state index contributed by atoms with van der Waals surface area (Å²) in [6.07, 6.45) is 0. The fourth-order valence-electron chi connectivity index (χ4n) is 2.15. The Morgan fingerprint density at radius 3 is 2.86 bits per heavy atom. The van der Waals surface area contributed by atoms with Gasteiger partial charge in [-0.15, -0.1) is 0 Å². The van der Waals surface area contributed by atoms with E-state index in [4.69, 9.17) is 0 Å². The normalized spacial score (nSPS) is 11.0. The molecule has 0 spiro atoms. The molecule has 2 rings (SSSR count). The van der Waals surface area contributed by atoms with E-state index in [-0.39, 0.29) is 18.0 Å². The number of nitrogens with one attached hydrogen (secondary N) is 2. The van der Waals surface area contributed by atoms with Gasteiger partial charge in [0.2, 0.25) is 5.91 Å². The molecule has 0 unspecified atom stereocenters. The highest BCUT2D eigenvalue weighted by molar-refractivity contribution is 5.78. The first kappa shape index (κ1) is 15.2. The Hall–Kier alpha value is -2.21. The van der Waals surface area contributed by atoms with Crippen LogP contribution in [0.4, 0.5) is 0 Å². The second kappa shape index (κ2) is 6.49. The van der Waals surface area contributed by atoms with E-state index in [1.54, 1.807) is 13.1 Å². The summed E-state index contributed by atoms with van der Waals surface area (Å²) >= 11 is 0. The number of amides is 1. The summed E-state index contributed by atoms with van der Waals surface area (Å²) in [6.45, 7) is 5.34. The molecule has 0 saturated heterocycles. The molecule has 0 bridgehead atoms. The number of fused-ring (bicyclic) bond motifs is 1. The van der Waals surface area contributed by atoms with Gasteiger partial charge in [-0.2, -0.15) is 0 Å². The van der Waals surface area contributed by atoms with E-state index >= 15 is 0 Å². The molecule has 0 saturated carbocycles. The van der Waals surface area contributed by atoms with Gasteiger partial charge in [0.1, 0.15) is 5.82 Å². The fourth-order valence-corrected chi connectivity index (χ4v) is 2.15. The van der Waals surface area contributed by atoms with Gasteiger partial charge >= 0.3 is 0 Å². The average Bonchev–Trinajstić information content (AvgIpc) is 2.45. The van der Waals surface area contributed by atoms with Gasteiger partial charge in [0, 0.05) is 7.05 Å². The van der Waals surface area contributed by atoms with Gasteiger partial charge in [-0.05, 0) is 31.2 Å². The lowest BCUT2D eigenvalue weighted by Gasteiger charge is -2.18. The highest BCUT2D eigenvalue weighted by Gasteiger charge is 2.11. The van der Waals surface area contributed by atoms with Crippen LogP contribution in [0.3, 0.4) is 0 Å². The maximum Gasteiger partial charge on any atom is 0.258 e. The van der Waals surface area contributed by atoms with E-state index in [9.17, 15) is 9.59 Å². The molecule has 0 radical (unpaired) electrons. The van der Waals surface area contributed by atoms with E-state index in [0.717, 1.165) is 5.56 Å². The number of likely N-dealkylation sites (N-methyl/N-ethyl adjacent to an activating group) is 2. The zero-order chi connectivity index (χ0) is 15.4. The SMILES string of the molecule is CCN(CC(=O)NC)Cc1nc2cc(C)ccc2c(=O)[nH]1. The third-order valence-corrected chi connectivity index (χ3v) is 3.38. The van der Waals surface area contributed by atoms with Crippen molar-refractivity contribution >= 4 is 16.8 Å². The molecule has 0 aliphatic heterocycles. The van der Waals surface area contributed by atoms with Crippen molar-refractivity contribution in [2.45, 2.75) is 20.4 Å². The van der Waals surface area contributed by atoms with Crippen molar-refractivity contribution in [1.82, 2.24) is 20.2 Å². The van der Waals surface area contributed by atoms with Crippen LogP contribution in [-0.2, 0) is 11.3 Å². The molecule has 2 N–H and O–H groups in total. The number of H-pyrrole nitrogens is 1. The number of carbonyl (C=O) groups is 1. The van der Waals surface area contributed by atoms with Crippen LogP contribution in [0.2, 0.25) is 0 Å². The van der Waals surface area contributed by atoms with Crippen LogP contribution in [0.5, 0.6) is 0 Å². The molecule has 6 heteroatoms. The molecular weight excluding hydrogens is 268 g/mol. The quantitative estimate of drug-likeness (QED) is 0.853. The van der Waals surface area contributed by atoms with E-state index in [1.807, 2.05) is 30.9 Å². The second-order valence-corrected chi connectivity index (χ2v) is 5.01. The van der Waals surface area contributed by atoms with Crippen molar-refractivity contribution in [2.75, 3.05) is 20.1 Å². The van der Waals surface area contributed by atoms with Gasteiger partial charge in [-0.3, -0.25) is 14.5 Å². The maximum atomic E-state index is 12.1. The van der Waals surface area contributed by atoms with Crippen LogP contribution in [0.15, 0.2) is 23.0 Å². The molecule has 0 atom stereocenters. The van der Waals surface area contributed by atoms with Gasteiger partial charge in [-0.25, -0.2) is 4.98 Å². The molecule has 1 heterocycles. The van der Waals surface area contributed by atoms with E-state index in [0.29, 0.717) is 29.8 Å². The summed E-state index contributed by atoms with van der Waals surface area (Å²) in [5, 5.41) is 3.17. The summed E-state index contributed by atoms with van der Waals surface area (Å²) < 4.78 is 0. The summed E-state index contributed by atoms with van der Waals surface area (Å²) in [6, 6.07) is 5.56. The number of aromatic nitrogens is 2. The number of hydrogen-bond donors (Lipinski definition) is 2. The molecule has 1 amide bonds. The first-order valence-corrected chi connectivity index (χ1v) is 6.96. The monoisotopic (exact) mass is 288 g/mol. The van der Waals surface area contributed by atoms with Gasteiger partial charge in [-0.1, -0.05) is 13.0 Å². The molecule has 1 aromatic heterocycles. The molecule has 6 nitrogen and oxygen atoms in total. The van der Waals surface area contributed by atoms with Gasteiger partial charge in [0.05, 0.1) is 24.0 Å². The smallest absolute Gasteiger partial charge is 0.258 e. The number of aryl methyl sites for hydroxylation is 1. The van der Waals surface area contributed by atoms with Crippen molar-refractivity contribution in [3.05, 3.63) is 39.9 Å². The second-order valence-electron chi connectivity index (χ2n) is 5.01. The lowest BCUT2D eigenvalue weighted by Crippen LogP contribution is -2.35. The molecule has 2 aromatic rings. The zero-order valence-electron chi connectivity index (χ0n) is 12.6. The lowest BCUT2D eigenvalue weighted by molar-refractivity contribution is -0.121. The first-order chi connectivity index (χ1) is 10.0. The molecular formula is C15H20N4O2. The Morgan fingerprint density at radius 1 is 1.43 bits per heavy atom. The molecule has 0 fully saturated rings. The highest BCUT2D eigenvalue weighted by Crippen LogP contribution is 2.10. The Labute approximate surface area is 123 Å². The number of nitrogens with zero attached hydrogens (tertiary/aromatic N) is 2. The molecule has 21 heavy (non-hydrogen) atoms.